The van der Waals surface area contributed by atoms with Gasteiger partial charge >= 0.3 is 5.97 Å². The Labute approximate surface area is 103 Å². The van der Waals surface area contributed by atoms with Crippen LogP contribution in [0.3, 0.4) is 0 Å². The van der Waals surface area contributed by atoms with E-state index in [2.05, 4.69) is 30.4 Å². The lowest BCUT2D eigenvalue weighted by atomic mass is 10.2. The molecule has 0 aliphatic carbocycles. The van der Waals surface area contributed by atoms with Gasteiger partial charge in [0.1, 0.15) is 0 Å². The summed E-state index contributed by atoms with van der Waals surface area (Å²) in [5.41, 5.74) is 0.791. The third kappa shape index (κ3) is 4.11. The standard InChI is InChI=1S/C10H16N2O2S2/c1-10(2,15-3)6-11-4-7-5-16-8(12-7)9(13)14/h5,11H,4,6H2,1-3H3,(H,13,14). The Morgan fingerprint density at radius 1 is 1.69 bits per heavy atom. The number of hydrogen-bond acceptors (Lipinski definition) is 5. The van der Waals surface area contributed by atoms with Gasteiger partial charge in [-0.05, 0) is 20.1 Å². The van der Waals surface area contributed by atoms with E-state index in [1.165, 1.54) is 11.3 Å². The molecule has 0 unspecified atom stereocenters. The molecule has 1 aromatic heterocycles. The molecule has 1 aromatic rings. The summed E-state index contributed by atoms with van der Waals surface area (Å²) in [6.07, 6.45) is 2.08. The molecule has 0 aliphatic heterocycles. The Kier molecular flexibility index (Phi) is 4.76. The van der Waals surface area contributed by atoms with Gasteiger partial charge in [-0.2, -0.15) is 11.8 Å². The lowest BCUT2D eigenvalue weighted by molar-refractivity contribution is 0.0696. The van der Waals surface area contributed by atoms with Crippen LogP contribution in [-0.2, 0) is 6.54 Å². The minimum Gasteiger partial charge on any atom is -0.476 e. The topological polar surface area (TPSA) is 62.2 Å². The number of nitrogens with zero attached hydrogens (tertiary/aromatic N) is 1. The highest BCUT2D eigenvalue weighted by Crippen LogP contribution is 2.19. The first-order valence-electron chi connectivity index (χ1n) is 4.88. The number of aromatic nitrogens is 1. The number of carboxylic acid groups (broad SMARTS) is 1. The van der Waals surface area contributed by atoms with Crippen molar-refractivity contribution in [1.82, 2.24) is 10.3 Å². The van der Waals surface area contributed by atoms with Gasteiger partial charge in [0.05, 0.1) is 5.69 Å². The molecule has 6 heteroatoms. The molecule has 2 N–H and O–H groups in total. The van der Waals surface area contributed by atoms with Crippen LogP contribution in [0.1, 0.15) is 29.3 Å². The van der Waals surface area contributed by atoms with Crippen LogP contribution >= 0.6 is 23.1 Å². The molecular formula is C10H16N2O2S2. The van der Waals surface area contributed by atoms with Gasteiger partial charge in [0, 0.05) is 23.2 Å². The van der Waals surface area contributed by atoms with E-state index < -0.39 is 5.97 Å². The highest BCUT2D eigenvalue weighted by molar-refractivity contribution is 7.99. The van der Waals surface area contributed by atoms with E-state index >= 15 is 0 Å². The molecule has 16 heavy (non-hydrogen) atoms. The minimum atomic E-state index is -0.958. The van der Waals surface area contributed by atoms with E-state index in [0.717, 1.165) is 12.2 Å². The number of hydrogen-bond donors (Lipinski definition) is 2. The number of nitrogens with one attached hydrogen (secondary N) is 1. The van der Waals surface area contributed by atoms with Crippen LogP contribution in [0.15, 0.2) is 5.38 Å². The van der Waals surface area contributed by atoms with Crippen LogP contribution in [0, 0.1) is 0 Å². The van der Waals surface area contributed by atoms with Gasteiger partial charge in [0.25, 0.3) is 0 Å². The average Bonchev–Trinajstić information content (AvgIpc) is 2.66. The van der Waals surface area contributed by atoms with Gasteiger partial charge in [-0.25, -0.2) is 9.78 Å². The maximum absolute atomic E-state index is 10.6. The molecule has 0 aliphatic rings. The molecular weight excluding hydrogens is 244 g/mol. The summed E-state index contributed by atoms with van der Waals surface area (Å²) in [5.74, 6) is -0.958. The van der Waals surface area contributed by atoms with Crippen molar-refractivity contribution in [3.63, 3.8) is 0 Å². The van der Waals surface area contributed by atoms with Crippen molar-refractivity contribution in [2.75, 3.05) is 12.8 Å². The van der Waals surface area contributed by atoms with Crippen LogP contribution in [0.2, 0.25) is 0 Å². The largest absolute Gasteiger partial charge is 0.476 e. The Bertz CT molecular complexity index is 363. The van der Waals surface area contributed by atoms with Gasteiger partial charge in [-0.15, -0.1) is 11.3 Å². The Balaban J connectivity index is 2.40. The van der Waals surface area contributed by atoms with Crippen LogP contribution in [0.4, 0.5) is 0 Å². The summed E-state index contributed by atoms with van der Waals surface area (Å²) in [4.78, 5) is 14.6. The van der Waals surface area contributed by atoms with Gasteiger partial charge in [0.2, 0.25) is 5.01 Å². The van der Waals surface area contributed by atoms with Crippen molar-refractivity contribution < 1.29 is 9.90 Å². The Morgan fingerprint density at radius 2 is 2.38 bits per heavy atom. The second-order valence-corrected chi connectivity index (χ2v) is 6.39. The Hall–Kier alpha value is -0.590. The predicted octanol–water partition coefficient (Wildman–Crippen LogP) is 2.07. The molecule has 0 amide bonds. The van der Waals surface area contributed by atoms with Crippen molar-refractivity contribution in [1.29, 1.82) is 0 Å². The SMILES string of the molecule is CSC(C)(C)CNCc1csc(C(=O)O)n1. The monoisotopic (exact) mass is 260 g/mol. The second-order valence-electron chi connectivity index (χ2n) is 4.02. The minimum absolute atomic E-state index is 0.154. The molecule has 0 atom stereocenters. The fraction of sp³-hybridized carbons (Fsp3) is 0.600. The normalized spacial score (nSPS) is 11.7. The molecule has 1 rings (SSSR count). The molecule has 90 valence electrons. The summed E-state index contributed by atoms with van der Waals surface area (Å²) in [6.45, 7) is 5.81. The summed E-state index contributed by atoms with van der Waals surface area (Å²) in [5, 5.41) is 13.9. The van der Waals surface area contributed by atoms with E-state index in [1.807, 2.05) is 0 Å². The first kappa shape index (κ1) is 13.5. The van der Waals surface area contributed by atoms with Gasteiger partial charge in [-0.1, -0.05) is 0 Å². The summed E-state index contributed by atoms with van der Waals surface area (Å²) in [7, 11) is 0. The number of rotatable bonds is 6. The summed E-state index contributed by atoms with van der Waals surface area (Å²) < 4.78 is 0.186. The maximum Gasteiger partial charge on any atom is 0.365 e. The molecule has 0 fully saturated rings. The van der Waals surface area contributed by atoms with Crippen molar-refractivity contribution in [3.8, 4) is 0 Å². The lowest BCUT2D eigenvalue weighted by Crippen LogP contribution is -2.31. The first-order valence-corrected chi connectivity index (χ1v) is 6.98. The van der Waals surface area contributed by atoms with Crippen LogP contribution < -0.4 is 5.32 Å². The molecule has 0 saturated carbocycles. The van der Waals surface area contributed by atoms with Crippen LogP contribution in [0.5, 0.6) is 0 Å². The Morgan fingerprint density at radius 3 is 2.88 bits per heavy atom. The van der Waals surface area contributed by atoms with E-state index in [0.29, 0.717) is 6.54 Å². The van der Waals surface area contributed by atoms with Crippen LogP contribution in [0.25, 0.3) is 0 Å². The molecule has 0 aromatic carbocycles. The second kappa shape index (κ2) is 5.65. The zero-order chi connectivity index (χ0) is 12.2. The van der Waals surface area contributed by atoms with Crippen molar-refractivity contribution in [3.05, 3.63) is 16.1 Å². The number of carbonyl (C=O) groups is 1. The zero-order valence-electron chi connectivity index (χ0n) is 9.61. The number of aromatic carboxylic acids is 1. The third-order valence-corrected chi connectivity index (χ3v) is 4.27. The molecule has 4 nitrogen and oxygen atoms in total. The highest BCUT2D eigenvalue weighted by Gasteiger charge is 2.15. The highest BCUT2D eigenvalue weighted by atomic mass is 32.2. The predicted molar refractivity (Wildman–Crippen MR) is 68.4 cm³/mol. The van der Waals surface area contributed by atoms with E-state index in [-0.39, 0.29) is 9.75 Å². The molecule has 0 bridgehead atoms. The fourth-order valence-electron chi connectivity index (χ4n) is 1.05. The van der Waals surface area contributed by atoms with E-state index in [4.69, 9.17) is 5.11 Å². The molecule has 1 heterocycles. The number of thiazole rings is 1. The third-order valence-electron chi connectivity index (χ3n) is 2.14. The van der Waals surface area contributed by atoms with Gasteiger partial charge in [0.15, 0.2) is 0 Å². The smallest absolute Gasteiger partial charge is 0.365 e. The fourth-order valence-corrected chi connectivity index (χ4v) is 1.95. The lowest BCUT2D eigenvalue weighted by Gasteiger charge is -2.21. The van der Waals surface area contributed by atoms with Crippen molar-refractivity contribution in [2.45, 2.75) is 25.1 Å². The van der Waals surface area contributed by atoms with Crippen molar-refractivity contribution in [2.24, 2.45) is 0 Å². The molecule has 0 spiro atoms. The zero-order valence-corrected chi connectivity index (χ0v) is 11.2. The average molecular weight is 260 g/mol. The van der Waals surface area contributed by atoms with Crippen molar-refractivity contribution >= 4 is 29.1 Å². The van der Waals surface area contributed by atoms with Crippen LogP contribution in [-0.4, -0.2) is 33.6 Å². The van der Waals surface area contributed by atoms with Gasteiger partial charge in [-0.3, -0.25) is 0 Å². The summed E-state index contributed by atoms with van der Waals surface area (Å²) in [6, 6.07) is 0. The van der Waals surface area contributed by atoms with E-state index in [1.54, 1.807) is 17.1 Å². The number of thioether (sulfide) groups is 1. The first-order chi connectivity index (χ1) is 7.44. The van der Waals surface area contributed by atoms with Gasteiger partial charge < -0.3 is 10.4 Å². The maximum atomic E-state index is 10.6. The summed E-state index contributed by atoms with van der Waals surface area (Å²) >= 11 is 2.96. The molecule has 0 saturated heterocycles. The molecule has 0 radical (unpaired) electrons. The van der Waals surface area contributed by atoms with E-state index in [9.17, 15) is 4.79 Å². The quantitative estimate of drug-likeness (QED) is 0.820. The number of carboxylic acids is 1.